The van der Waals surface area contributed by atoms with Gasteiger partial charge < -0.3 is 5.11 Å². The minimum absolute atomic E-state index is 0.314. The van der Waals surface area contributed by atoms with Gasteiger partial charge in [-0.3, -0.25) is 4.68 Å². The van der Waals surface area contributed by atoms with E-state index < -0.39 is 5.60 Å². The predicted molar refractivity (Wildman–Crippen MR) is 84.6 cm³/mol. The lowest BCUT2D eigenvalue weighted by atomic mass is 9.86. The Morgan fingerprint density at radius 3 is 2.52 bits per heavy atom. The zero-order chi connectivity index (χ0) is 15.6. The molecule has 0 saturated heterocycles. The standard InChI is InChI=1S/C16H20BrFN2O/c1-4-13-15(17)14(20(3)19-13)10-16(21,5-2)11-8-6-7-9-12(11)18/h6-9,21H,4-5,10H2,1-3H3. The van der Waals surface area contributed by atoms with Crippen molar-refractivity contribution in [1.29, 1.82) is 0 Å². The van der Waals surface area contributed by atoms with Crippen LogP contribution in [0.25, 0.3) is 0 Å². The zero-order valence-electron chi connectivity index (χ0n) is 12.5. The van der Waals surface area contributed by atoms with Crippen molar-refractivity contribution in [1.82, 2.24) is 9.78 Å². The van der Waals surface area contributed by atoms with Gasteiger partial charge in [-0.1, -0.05) is 32.0 Å². The molecule has 3 nitrogen and oxygen atoms in total. The van der Waals surface area contributed by atoms with Crippen LogP contribution in [-0.4, -0.2) is 14.9 Å². The van der Waals surface area contributed by atoms with Gasteiger partial charge in [0.05, 0.1) is 21.5 Å². The first-order valence-electron chi connectivity index (χ1n) is 7.10. The molecular formula is C16H20BrFN2O. The molecule has 0 aliphatic heterocycles. The first-order valence-corrected chi connectivity index (χ1v) is 7.89. The van der Waals surface area contributed by atoms with Crippen LogP contribution in [-0.2, 0) is 25.5 Å². The van der Waals surface area contributed by atoms with Crippen molar-refractivity contribution in [2.75, 3.05) is 0 Å². The van der Waals surface area contributed by atoms with Crippen LogP contribution in [0.4, 0.5) is 4.39 Å². The molecular weight excluding hydrogens is 335 g/mol. The maximum atomic E-state index is 14.1. The molecule has 2 rings (SSSR count). The predicted octanol–water partition coefficient (Wildman–Crippen LogP) is 3.72. The van der Waals surface area contributed by atoms with Crippen LogP contribution in [0.15, 0.2) is 28.7 Å². The second kappa shape index (κ2) is 6.28. The van der Waals surface area contributed by atoms with Gasteiger partial charge in [-0.05, 0) is 34.8 Å². The van der Waals surface area contributed by atoms with Gasteiger partial charge in [0.2, 0.25) is 0 Å². The molecule has 21 heavy (non-hydrogen) atoms. The Kier molecular flexibility index (Phi) is 4.84. The molecule has 1 aromatic heterocycles. The maximum absolute atomic E-state index is 14.1. The van der Waals surface area contributed by atoms with Crippen LogP contribution >= 0.6 is 15.9 Å². The highest BCUT2D eigenvalue weighted by Crippen LogP contribution is 2.34. The lowest BCUT2D eigenvalue weighted by Crippen LogP contribution is -2.30. The first-order chi connectivity index (χ1) is 9.92. The molecule has 0 saturated carbocycles. The van der Waals surface area contributed by atoms with E-state index in [2.05, 4.69) is 21.0 Å². The summed E-state index contributed by atoms with van der Waals surface area (Å²) in [6, 6.07) is 6.40. The van der Waals surface area contributed by atoms with Gasteiger partial charge in [-0.15, -0.1) is 0 Å². The van der Waals surface area contributed by atoms with Crippen LogP contribution < -0.4 is 0 Å². The monoisotopic (exact) mass is 354 g/mol. The summed E-state index contributed by atoms with van der Waals surface area (Å²) in [7, 11) is 1.84. The number of hydrogen-bond donors (Lipinski definition) is 1. The summed E-state index contributed by atoms with van der Waals surface area (Å²) in [5.41, 5.74) is 0.907. The minimum atomic E-state index is -1.24. The summed E-state index contributed by atoms with van der Waals surface area (Å²) in [6.07, 6.45) is 1.54. The number of aryl methyl sites for hydroxylation is 2. The fourth-order valence-electron chi connectivity index (χ4n) is 2.54. The van der Waals surface area contributed by atoms with Crippen molar-refractivity contribution in [2.24, 2.45) is 7.05 Å². The molecule has 0 bridgehead atoms. The molecule has 0 aliphatic carbocycles. The first kappa shape index (κ1) is 16.2. The van der Waals surface area contributed by atoms with Gasteiger partial charge in [0.15, 0.2) is 0 Å². The average Bonchev–Trinajstić information content (AvgIpc) is 2.75. The summed E-state index contributed by atoms with van der Waals surface area (Å²) >= 11 is 3.55. The molecule has 0 amide bonds. The maximum Gasteiger partial charge on any atom is 0.129 e. The minimum Gasteiger partial charge on any atom is -0.385 e. The van der Waals surface area contributed by atoms with Crippen molar-refractivity contribution in [3.63, 3.8) is 0 Å². The molecule has 0 fully saturated rings. The van der Waals surface area contributed by atoms with Crippen LogP contribution in [0.3, 0.4) is 0 Å². The highest BCUT2D eigenvalue weighted by atomic mass is 79.9. The number of aromatic nitrogens is 2. The van der Waals surface area contributed by atoms with Crippen molar-refractivity contribution >= 4 is 15.9 Å². The Balaban J connectivity index is 2.44. The third-order valence-electron chi connectivity index (χ3n) is 3.92. The smallest absolute Gasteiger partial charge is 0.129 e. The summed E-state index contributed by atoms with van der Waals surface area (Å²) in [5.74, 6) is -0.379. The molecule has 0 radical (unpaired) electrons. The van der Waals surface area contributed by atoms with Crippen LogP contribution in [0.2, 0.25) is 0 Å². The number of nitrogens with zero attached hydrogens (tertiary/aromatic N) is 2. The highest BCUT2D eigenvalue weighted by molar-refractivity contribution is 9.10. The lowest BCUT2D eigenvalue weighted by molar-refractivity contribution is 0.0272. The van der Waals surface area contributed by atoms with Gasteiger partial charge in [0, 0.05) is 19.0 Å². The van der Waals surface area contributed by atoms with Gasteiger partial charge in [-0.2, -0.15) is 5.10 Å². The molecule has 2 aromatic rings. The molecule has 1 heterocycles. The Morgan fingerprint density at radius 1 is 1.33 bits per heavy atom. The normalized spacial score (nSPS) is 14.2. The Labute approximate surface area is 132 Å². The quantitative estimate of drug-likeness (QED) is 0.888. The van der Waals surface area contributed by atoms with E-state index in [0.29, 0.717) is 18.4 Å². The fraction of sp³-hybridized carbons (Fsp3) is 0.438. The molecule has 1 aromatic carbocycles. The molecule has 1 atom stereocenters. The van der Waals surface area contributed by atoms with E-state index in [-0.39, 0.29) is 5.82 Å². The van der Waals surface area contributed by atoms with E-state index in [1.807, 2.05) is 20.9 Å². The average molecular weight is 355 g/mol. The second-order valence-corrected chi connectivity index (χ2v) is 6.02. The van der Waals surface area contributed by atoms with Gasteiger partial charge >= 0.3 is 0 Å². The fourth-order valence-corrected chi connectivity index (χ4v) is 3.29. The van der Waals surface area contributed by atoms with E-state index in [1.54, 1.807) is 22.9 Å². The third kappa shape index (κ3) is 3.04. The van der Waals surface area contributed by atoms with E-state index in [4.69, 9.17) is 0 Å². The van der Waals surface area contributed by atoms with E-state index in [9.17, 15) is 9.50 Å². The number of aliphatic hydroxyl groups is 1. The Morgan fingerprint density at radius 2 is 2.00 bits per heavy atom. The van der Waals surface area contributed by atoms with Gasteiger partial charge in [0.25, 0.3) is 0 Å². The number of benzene rings is 1. The van der Waals surface area contributed by atoms with Crippen molar-refractivity contribution in [2.45, 2.75) is 38.7 Å². The summed E-state index contributed by atoms with van der Waals surface area (Å²) in [5, 5.41) is 15.4. The van der Waals surface area contributed by atoms with Crippen LogP contribution in [0, 0.1) is 5.82 Å². The van der Waals surface area contributed by atoms with E-state index in [1.165, 1.54) is 6.07 Å². The topological polar surface area (TPSA) is 38.0 Å². The Bertz CT molecular complexity index is 641. The third-order valence-corrected chi connectivity index (χ3v) is 4.84. The molecule has 0 spiro atoms. The van der Waals surface area contributed by atoms with Crippen LogP contribution in [0.5, 0.6) is 0 Å². The van der Waals surface area contributed by atoms with E-state index in [0.717, 1.165) is 22.3 Å². The summed E-state index contributed by atoms with van der Waals surface area (Å²) in [4.78, 5) is 0. The van der Waals surface area contributed by atoms with Crippen molar-refractivity contribution in [3.8, 4) is 0 Å². The number of hydrogen-bond acceptors (Lipinski definition) is 2. The largest absolute Gasteiger partial charge is 0.385 e. The highest BCUT2D eigenvalue weighted by Gasteiger charge is 2.32. The van der Waals surface area contributed by atoms with Gasteiger partial charge in [0.1, 0.15) is 5.82 Å². The molecule has 1 N–H and O–H groups in total. The molecule has 5 heteroatoms. The Hall–Kier alpha value is -1.20. The van der Waals surface area contributed by atoms with Crippen LogP contribution in [0.1, 0.15) is 37.2 Å². The number of halogens is 2. The second-order valence-electron chi connectivity index (χ2n) is 5.23. The van der Waals surface area contributed by atoms with Gasteiger partial charge in [-0.25, -0.2) is 4.39 Å². The van der Waals surface area contributed by atoms with Crippen molar-refractivity contribution in [3.05, 3.63) is 51.5 Å². The summed E-state index contributed by atoms with van der Waals surface area (Å²) < 4.78 is 16.7. The van der Waals surface area contributed by atoms with E-state index >= 15 is 0 Å². The molecule has 114 valence electrons. The lowest BCUT2D eigenvalue weighted by Gasteiger charge is -2.28. The SMILES string of the molecule is CCc1nn(C)c(CC(O)(CC)c2ccccc2F)c1Br. The molecule has 1 unspecified atom stereocenters. The number of rotatable bonds is 5. The van der Waals surface area contributed by atoms with Crippen molar-refractivity contribution < 1.29 is 9.50 Å². The summed E-state index contributed by atoms with van der Waals surface area (Å²) in [6.45, 7) is 3.89. The zero-order valence-corrected chi connectivity index (χ0v) is 14.1. The molecule has 0 aliphatic rings.